The number of fused-ring (bicyclic) bond motifs is 1. The van der Waals surface area contributed by atoms with Gasteiger partial charge in [-0.3, -0.25) is 14.5 Å². The Morgan fingerprint density at radius 3 is 2.53 bits per heavy atom. The van der Waals surface area contributed by atoms with Crippen LogP contribution in [0.15, 0.2) is 23.2 Å². The Balaban J connectivity index is 0.000000212. The summed E-state index contributed by atoms with van der Waals surface area (Å²) in [4.78, 5) is 28.3. The number of nitrogens with two attached hydrogens (primary N) is 1. The predicted octanol–water partition coefficient (Wildman–Crippen LogP) is 3.15. The van der Waals surface area contributed by atoms with E-state index >= 15 is 0 Å². The molecule has 1 atom stereocenters. The molecule has 7 nitrogen and oxygen atoms in total. The maximum atomic E-state index is 13.1. The molecule has 0 unspecified atom stereocenters. The molecule has 1 aromatic carbocycles. The number of halogens is 1. The highest BCUT2D eigenvalue weighted by molar-refractivity contribution is 5.99. The van der Waals surface area contributed by atoms with Gasteiger partial charge in [-0.2, -0.15) is 0 Å². The van der Waals surface area contributed by atoms with E-state index in [0.717, 1.165) is 6.54 Å². The molecular formula is C24H33FN4O3. The molecule has 4 rings (SSSR count). The van der Waals surface area contributed by atoms with E-state index in [0.29, 0.717) is 42.4 Å². The van der Waals surface area contributed by atoms with Crippen LogP contribution >= 0.6 is 0 Å². The number of benzene rings is 1. The molecule has 1 saturated carbocycles. The summed E-state index contributed by atoms with van der Waals surface area (Å²) < 4.78 is 18.9. The molecule has 1 aliphatic carbocycles. The third-order valence-electron chi connectivity index (χ3n) is 5.41. The van der Waals surface area contributed by atoms with E-state index in [1.54, 1.807) is 11.0 Å². The van der Waals surface area contributed by atoms with E-state index in [4.69, 9.17) is 10.5 Å². The normalized spacial score (nSPS) is 22.5. The maximum Gasteiger partial charge on any atom is 0.231 e. The minimum absolute atomic E-state index is 0.120. The zero-order valence-electron chi connectivity index (χ0n) is 19.2. The first kappa shape index (κ1) is 25.2. The summed E-state index contributed by atoms with van der Waals surface area (Å²) in [6.45, 7) is 8.53. The Morgan fingerprint density at radius 2 is 1.97 bits per heavy atom. The Labute approximate surface area is 189 Å². The van der Waals surface area contributed by atoms with Crippen LogP contribution in [0.1, 0.15) is 65.0 Å². The standard InChI is InChI=1S/C12H14FNO2.C10H17N3O.C2H2/c1-12(2)6-10(14-7-15)9-5-8(13)3-4-11(9)16-12;1-10(2)5-8(14)13(9(11)12-10)6-7-3-4-7;1-2/h3-5,7,10H,6H2,1-2H3,(H,14,15);7H,3-6H2,1-2H3,(H2,11,12);1-2H/t10-;;/m0../s1. The number of terminal acetylenes is 1. The van der Waals surface area contributed by atoms with Gasteiger partial charge in [-0.25, -0.2) is 9.38 Å². The summed E-state index contributed by atoms with van der Waals surface area (Å²) in [6, 6.07) is 4.18. The van der Waals surface area contributed by atoms with Crippen molar-refractivity contribution in [3.05, 3.63) is 29.6 Å². The number of hydrogen-bond donors (Lipinski definition) is 2. The molecule has 0 saturated heterocycles. The van der Waals surface area contributed by atoms with Crippen molar-refractivity contribution in [2.45, 2.75) is 70.6 Å². The third kappa shape index (κ3) is 6.71. The first-order valence-electron chi connectivity index (χ1n) is 10.7. The number of carbonyl (C=O) groups is 2. The molecule has 0 spiro atoms. The van der Waals surface area contributed by atoms with Gasteiger partial charge in [0.1, 0.15) is 17.2 Å². The number of amides is 2. The fourth-order valence-corrected chi connectivity index (χ4v) is 3.81. The lowest BCUT2D eigenvalue weighted by atomic mass is 9.90. The van der Waals surface area contributed by atoms with Crippen molar-refractivity contribution in [1.29, 1.82) is 0 Å². The second-order valence-corrected chi connectivity index (χ2v) is 9.49. The molecule has 0 radical (unpaired) electrons. The van der Waals surface area contributed by atoms with Gasteiger partial charge in [-0.15, -0.1) is 12.8 Å². The Hall–Kier alpha value is -3.08. The van der Waals surface area contributed by atoms with Crippen molar-refractivity contribution in [1.82, 2.24) is 10.2 Å². The summed E-state index contributed by atoms with van der Waals surface area (Å²) in [7, 11) is 0. The van der Waals surface area contributed by atoms with Gasteiger partial charge in [-0.05, 0) is 64.7 Å². The summed E-state index contributed by atoms with van der Waals surface area (Å²) in [5.41, 5.74) is 5.80. The van der Waals surface area contributed by atoms with Gasteiger partial charge in [0.15, 0.2) is 5.96 Å². The molecule has 32 heavy (non-hydrogen) atoms. The number of ether oxygens (including phenoxy) is 1. The van der Waals surface area contributed by atoms with Crippen LogP contribution in [0.2, 0.25) is 0 Å². The lowest BCUT2D eigenvalue weighted by Gasteiger charge is -2.37. The van der Waals surface area contributed by atoms with E-state index in [9.17, 15) is 14.0 Å². The second kappa shape index (κ2) is 10.0. The molecule has 3 N–H and O–H groups in total. The summed E-state index contributed by atoms with van der Waals surface area (Å²) in [5.74, 6) is 1.50. The lowest BCUT2D eigenvalue weighted by molar-refractivity contribution is -0.129. The lowest BCUT2D eigenvalue weighted by Crippen LogP contribution is -2.50. The number of hydrogen-bond acceptors (Lipinski definition) is 5. The minimum Gasteiger partial charge on any atom is -0.487 e. The van der Waals surface area contributed by atoms with Gasteiger partial charge in [0, 0.05) is 18.5 Å². The van der Waals surface area contributed by atoms with E-state index in [1.165, 1.54) is 25.0 Å². The largest absolute Gasteiger partial charge is 0.487 e. The molecule has 8 heteroatoms. The number of guanidine groups is 1. The van der Waals surface area contributed by atoms with Crippen molar-refractivity contribution < 1.29 is 18.7 Å². The highest BCUT2D eigenvalue weighted by atomic mass is 19.1. The first-order chi connectivity index (χ1) is 15.0. The number of nitrogens with zero attached hydrogens (tertiary/aromatic N) is 2. The van der Waals surface area contributed by atoms with Crippen molar-refractivity contribution in [2.75, 3.05) is 6.54 Å². The smallest absolute Gasteiger partial charge is 0.231 e. The molecule has 2 aliphatic heterocycles. The van der Waals surface area contributed by atoms with Gasteiger partial charge >= 0.3 is 0 Å². The minimum atomic E-state index is -0.356. The van der Waals surface area contributed by atoms with Crippen LogP contribution in [0.4, 0.5) is 4.39 Å². The average Bonchev–Trinajstić information content (AvgIpc) is 3.51. The van der Waals surface area contributed by atoms with Crippen molar-refractivity contribution in [3.8, 4) is 18.6 Å². The quantitative estimate of drug-likeness (QED) is 0.551. The van der Waals surface area contributed by atoms with Crippen molar-refractivity contribution in [3.63, 3.8) is 0 Å². The molecule has 1 fully saturated rings. The van der Waals surface area contributed by atoms with E-state index < -0.39 is 0 Å². The summed E-state index contributed by atoms with van der Waals surface area (Å²) in [6.07, 6.45) is 12.2. The van der Waals surface area contributed by atoms with Crippen molar-refractivity contribution >= 4 is 18.3 Å². The van der Waals surface area contributed by atoms with E-state index in [1.807, 2.05) is 27.7 Å². The van der Waals surface area contributed by atoms with E-state index in [-0.39, 0.29) is 28.9 Å². The Bertz CT molecular complexity index is 890. The number of rotatable bonds is 4. The number of aliphatic imine (C=N–C) groups is 1. The number of carbonyl (C=O) groups excluding carboxylic acids is 2. The average molecular weight is 445 g/mol. The van der Waals surface area contributed by atoms with Gasteiger partial charge < -0.3 is 15.8 Å². The Kier molecular flexibility index (Phi) is 7.89. The molecule has 2 heterocycles. The van der Waals surface area contributed by atoms with Crippen LogP contribution in [-0.4, -0.2) is 40.9 Å². The molecule has 2 amide bonds. The van der Waals surface area contributed by atoms with Gasteiger partial charge in [-0.1, -0.05) is 0 Å². The van der Waals surface area contributed by atoms with Crippen LogP contribution in [0.25, 0.3) is 0 Å². The summed E-state index contributed by atoms with van der Waals surface area (Å²) in [5, 5.41) is 2.70. The number of nitrogens with one attached hydrogen (secondary N) is 1. The molecule has 1 aromatic rings. The maximum absolute atomic E-state index is 13.1. The third-order valence-corrected chi connectivity index (χ3v) is 5.41. The first-order valence-corrected chi connectivity index (χ1v) is 10.7. The monoisotopic (exact) mass is 444 g/mol. The topological polar surface area (TPSA) is 97.0 Å². The molecule has 0 aromatic heterocycles. The zero-order valence-corrected chi connectivity index (χ0v) is 19.2. The molecule has 174 valence electrons. The highest BCUT2D eigenvalue weighted by Gasteiger charge is 2.36. The predicted molar refractivity (Wildman–Crippen MR) is 122 cm³/mol. The van der Waals surface area contributed by atoms with Crippen molar-refractivity contribution in [2.24, 2.45) is 16.6 Å². The fraction of sp³-hybridized carbons (Fsp3) is 0.542. The second-order valence-electron chi connectivity index (χ2n) is 9.49. The highest BCUT2D eigenvalue weighted by Crippen LogP contribution is 2.39. The van der Waals surface area contributed by atoms with Crippen LogP contribution in [0, 0.1) is 24.6 Å². The molecular weight excluding hydrogens is 411 g/mol. The SMILES string of the molecule is C#C.CC1(C)CC(=O)N(CC2CC2)C(N)=N1.CC1(C)C[C@H](NC=O)c2cc(F)ccc2O1. The van der Waals surface area contributed by atoms with Crippen LogP contribution in [0.5, 0.6) is 5.75 Å². The van der Waals surface area contributed by atoms with Gasteiger partial charge in [0.05, 0.1) is 18.0 Å². The van der Waals surface area contributed by atoms with Gasteiger partial charge in [0.25, 0.3) is 0 Å². The Morgan fingerprint density at radius 1 is 1.31 bits per heavy atom. The zero-order chi connectivity index (χ0) is 24.1. The van der Waals surface area contributed by atoms with Crippen LogP contribution in [0.3, 0.4) is 0 Å². The summed E-state index contributed by atoms with van der Waals surface area (Å²) >= 11 is 0. The fourth-order valence-electron chi connectivity index (χ4n) is 3.81. The molecule has 3 aliphatic rings. The van der Waals surface area contributed by atoms with Crippen LogP contribution in [-0.2, 0) is 9.59 Å². The molecule has 0 bridgehead atoms. The van der Waals surface area contributed by atoms with Crippen LogP contribution < -0.4 is 15.8 Å². The van der Waals surface area contributed by atoms with E-state index in [2.05, 4.69) is 23.2 Å². The van der Waals surface area contributed by atoms with Gasteiger partial charge in [0.2, 0.25) is 12.3 Å².